The molecule has 1 saturated carbocycles. The SMILES string of the molecule is C=C(Br)/C(C(=C)NC1CCC(C)C1)=C(\S)N=CC. The molecule has 1 rings (SSSR count). The van der Waals surface area contributed by atoms with Crippen molar-refractivity contribution in [3.63, 3.8) is 0 Å². The lowest BCUT2D eigenvalue weighted by atomic mass is 10.1. The number of rotatable bonds is 5. The maximum atomic E-state index is 4.39. The van der Waals surface area contributed by atoms with Gasteiger partial charge in [0.2, 0.25) is 0 Å². The van der Waals surface area contributed by atoms with E-state index in [0.717, 1.165) is 21.7 Å². The fourth-order valence-electron chi connectivity index (χ4n) is 2.26. The third kappa shape index (κ3) is 4.32. The van der Waals surface area contributed by atoms with Crippen molar-refractivity contribution in [2.45, 2.75) is 39.2 Å². The average molecular weight is 329 g/mol. The fraction of sp³-hybridized carbons (Fsp3) is 0.500. The first-order valence-electron chi connectivity index (χ1n) is 6.18. The monoisotopic (exact) mass is 328 g/mol. The largest absolute Gasteiger partial charge is 0.382 e. The van der Waals surface area contributed by atoms with E-state index in [4.69, 9.17) is 0 Å². The molecular weight excluding hydrogens is 308 g/mol. The van der Waals surface area contributed by atoms with Gasteiger partial charge in [-0.25, -0.2) is 0 Å². The molecule has 2 nitrogen and oxygen atoms in total. The van der Waals surface area contributed by atoms with Crippen LogP contribution in [0.3, 0.4) is 0 Å². The van der Waals surface area contributed by atoms with Gasteiger partial charge in [0.1, 0.15) is 5.03 Å². The number of hydrogen-bond donors (Lipinski definition) is 2. The molecular formula is C14H21BrN2S. The van der Waals surface area contributed by atoms with Crippen molar-refractivity contribution in [1.82, 2.24) is 5.32 Å². The van der Waals surface area contributed by atoms with Crippen molar-refractivity contribution in [1.29, 1.82) is 0 Å². The van der Waals surface area contributed by atoms with Crippen molar-refractivity contribution in [3.05, 3.63) is 33.9 Å². The van der Waals surface area contributed by atoms with Crippen LogP contribution in [0.1, 0.15) is 33.1 Å². The molecule has 0 aromatic heterocycles. The van der Waals surface area contributed by atoms with Gasteiger partial charge < -0.3 is 5.32 Å². The lowest BCUT2D eigenvalue weighted by molar-refractivity contribution is 0.550. The van der Waals surface area contributed by atoms with Crippen LogP contribution in [0, 0.1) is 5.92 Å². The standard InChI is InChI=1S/C14H21BrN2S/c1-5-16-14(18)13(10(3)15)11(4)17-12-7-6-9(2)8-12/h5,9,12,17-18H,3-4,6-8H2,1-2H3/b14-13+,16-5?. The lowest BCUT2D eigenvalue weighted by Gasteiger charge is -2.19. The van der Waals surface area contributed by atoms with Gasteiger partial charge in [-0.15, -0.1) is 12.6 Å². The van der Waals surface area contributed by atoms with Crippen LogP contribution in [-0.2, 0) is 0 Å². The zero-order chi connectivity index (χ0) is 13.7. The number of halogens is 1. The molecule has 1 fully saturated rings. The molecule has 1 aliphatic carbocycles. The molecule has 0 saturated heterocycles. The van der Waals surface area contributed by atoms with E-state index in [-0.39, 0.29) is 0 Å². The Morgan fingerprint density at radius 1 is 1.44 bits per heavy atom. The second-order valence-electron chi connectivity index (χ2n) is 4.73. The van der Waals surface area contributed by atoms with E-state index in [0.29, 0.717) is 11.1 Å². The quantitative estimate of drug-likeness (QED) is 0.436. The first kappa shape index (κ1) is 15.6. The molecule has 0 aromatic rings. The minimum absolute atomic E-state index is 0.501. The Morgan fingerprint density at radius 3 is 2.56 bits per heavy atom. The molecule has 2 atom stereocenters. The van der Waals surface area contributed by atoms with E-state index in [9.17, 15) is 0 Å². The fourth-order valence-corrected chi connectivity index (χ4v) is 3.23. The third-order valence-electron chi connectivity index (χ3n) is 3.12. The van der Waals surface area contributed by atoms with Crippen LogP contribution < -0.4 is 5.32 Å². The van der Waals surface area contributed by atoms with E-state index in [1.807, 2.05) is 6.92 Å². The molecule has 1 N–H and O–H groups in total. The Balaban J connectivity index is 2.78. The van der Waals surface area contributed by atoms with Gasteiger partial charge in [-0.2, -0.15) is 0 Å². The summed E-state index contributed by atoms with van der Waals surface area (Å²) in [5.74, 6) is 0.791. The topological polar surface area (TPSA) is 24.4 Å². The first-order valence-corrected chi connectivity index (χ1v) is 7.42. The van der Waals surface area contributed by atoms with Crippen molar-refractivity contribution >= 4 is 34.8 Å². The van der Waals surface area contributed by atoms with Crippen molar-refractivity contribution in [3.8, 4) is 0 Å². The predicted molar refractivity (Wildman–Crippen MR) is 87.3 cm³/mol. The molecule has 100 valence electrons. The Hall–Kier alpha value is -0.480. The van der Waals surface area contributed by atoms with Crippen LogP contribution in [0.5, 0.6) is 0 Å². The van der Waals surface area contributed by atoms with E-state index in [1.165, 1.54) is 19.3 Å². The van der Waals surface area contributed by atoms with Crippen molar-refractivity contribution < 1.29 is 0 Å². The second-order valence-corrected chi connectivity index (χ2v) is 6.11. The Bertz CT molecular complexity index is 399. The van der Waals surface area contributed by atoms with Crippen LogP contribution in [0.4, 0.5) is 0 Å². The number of hydrogen-bond acceptors (Lipinski definition) is 3. The summed E-state index contributed by atoms with van der Waals surface area (Å²) in [5, 5.41) is 4.09. The third-order valence-corrected chi connectivity index (χ3v) is 3.86. The van der Waals surface area contributed by atoms with Crippen LogP contribution in [0.15, 0.2) is 38.9 Å². The van der Waals surface area contributed by atoms with Gasteiger partial charge in [0, 0.05) is 28.0 Å². The highest BCUT2D eigenvalue weighted by Gasteiger charge is 2.22. The number of nitrogens with one attached hydrogen (secondary N) is 1. The average Bonchev–Trinajstić information content (AvgIpc) is 2.63. The van der Waals surface area contributed by atoms with E-state index >= 15 is 0 Å². The number of aliphatic imine (C=N–C) groups is 1. The summed E-state index contributed by atoms with van der Waals surface area (Å²) in [4.78, 5) is 4.18. The van der Waals surface area contributed by atoms with Gasteiger partial charge in [-0.3, -0.25) is 4.99 Å². The number of thiol groups is 1. The van der Waals surface area contributed by atoms with Gasteiger partial charge in [0.15, 0.2) is 0 Å². The summed E-state index contributed by atoms with van der Waals surface area (Å²) < 4.78 is 0.752. The molecule has 0 aromatic carbocycles. The molecule has 0 amide bonds. The molecule has 0 bridgehead atoms. The molecule has 4 heteroatoms. The Labute approximate surface area is 124 Å². The number of allylic oxidation sites excluding steroid dienone is 1. The van der Waals surface area contributed by atoms with Gasteiger partial charge in [0.25, 0.3) is 0 Å². The summed E-state index contributed by atoms with van der Waals surface area (Å²) in [6.45, 7) is 12.1. The molecule has 2 unspecified atom stereocenters. The minimum Gasteiger partial charge on any atom is -0.382 e. The van der Waals surface area contributed by atoms with Crippen LogP contribution in [-0.4, -0.2) is 12.3 Å². The van der Waals surface area contributed by atoms with Crippen LogP contribution >= 0.6 is 28.6 Å². The zero-order valence-corrected chi connectivity index (χ0v) is 13.5. The van der Waals surface area contributed by atoms with Crippen LogP contribution in [0.25, 0.3) is 0 Å². The van der Waals surface area contributed by atoms with Gasteiger partial charge in [-0.05, 0) is 32.1 Å². The first-order chi connectivity index (χ1) is 8.45. The molecule has 0 spiro atoms. The van der Waals surface area contributed by atoms with E-state index < -0.39 is 0 Å². The number of nitrogens with zero attached hydrogens (tertiary/aromatic N) is 1. The Morgan fingerprint density at radius 2 is 2.11 bits per heavy atom. The van der Waals surface area contributed by atoms with E-state index in [2.05, 4.69) is 58.9 Å². The smallest absolute Gasteiger partial charge is 0.103 e. The Kier molecular flexibility index (Phi) is 6.22. The minimum atomic E-state index is 0.501. The van der Waals surface area contributed by atoms with Gasteiger partial charge >= 0.3 is 0 Å². The van der Waals surface area contributed by atoms with Gasteiger partial charge in [-0.1, -0.05) is 36.0 Å². The summed E-state index contributed by atoms with van der Waals surface area (Å²) in [7, 11) is 0. The molecule has 18 heavy (non-hydrogen) atoms. The van der Waals surface area contributed by atoms with Crippen molar-refractivity contribution in [2.24, 2.45) is 10.9 Å². The molecule has 1 aliphatic rings. The predicted octanol–water partition coefficient (Wildman–Crippen LogP) is 4.42. The maximum Gasteiger partial charge on any atom is 0.103 e. The van der Waals surface area contributed by atoms with Crippen LogP contribution in [0.2, 0.25) is 0 Å². The summed E-state index contributed by atoms with van der Waals surface area (Å²) in [6.07, 6.45) is 5.38. The zero-order valence-electron chi connectivity index (χ0n) is 11.0. The normalized spacial score (nSPS) is 25.1. The molecule has 0 aliphatic heterocycles. The summed E-state index contributed by atoms with van der Waals surface area (Å²) >= 11 is 7.79. The summed E-state index contributed by atoms with van der Waals surface area (Å²) in [6, 6.07) is 0.501. The van der Waals surface area contributed by atoms with Crippen molar-refractivity contribution in [2.75, 3.05) is 0 Å². The molecule has 0 radical (unpaired) electrons. The molecule has 0 heterocycles. The maximum absolute atomic E-state index is 4.39. The van der Waals surface area contributed by atoms with E-state index in [1.54, 1.807) is 6.21 Å². The van der Waals surface area contributed by atoms with Gasteiger partial charge in [0.05, 0.1) is 0 Å². The second kappa shape index (κ2) is 7.19. The highest BCUT2D eigenvalue weighted by atomic mass is 79.9. The highest BCUT2D eigenvalue weighted by molar-refractivity contribution is 9.11. The summed E-state index contributed by atoms with van der Waals surface area (Å²) in [5.41, 5.74) is 1.68. The highest BCUT2D eigenvalue weighted by Crippen LogP contribution is 2.30. The lowest BCUT2D eigenvalue weighted by Crippen LogP contribution is -2.26.